The number of nitrogens with one attached hydrogen (secondary N) is 5. The van der Waals surface area contributed by atoms with Crippen LogP contribution < -0.4 is 32.7 Å². The van der Waals surface area contributed by atoms with Crippen molar-refractivity contribution >= 4 is 55.0 Å². The highest BCUT2D eigenvalue weighted by molar-refractivity contribution is 5.86. The zero-order chi connectivity index (χ0) is 22.5. The summed E-state index contributed by atoms with van der Waals surface area (Å²) in [5, 5.41) is 18.6. The van der Waals surface area contributed by atoms with Crippen LogP contribution in [-0.2, 0) is 14.3 Å². The van der Waals surface area contributed by atoms with E-state index in [2.05, 4.69) is 21.3 Å². The van der Waals surface area contributed by atoms with E-state index < -0.39 is 6.23 Å². The molecule has 0 bridgehead atoms. The Morgan fingerprint density at radius 1 is 0.818 bits per heavy atom. The summed E-state index contributed by atoms with van der Waals surface area (Å²) in [6.07, 6.45) is 8.17. The molecule has 0 fully saturated rings. The first-order chi connectivity index (χ1) is 14.5. The first-order valence-corrected chi connectivity index (χ1v) is 11.1. The first kappa shape index (κ1) is 39.2. The van der Waals surface area contributed by atoms with Crippen molar-refractivity contribution in [1.29, 1.82) is 5.41 Å². The molecule has 1 atom stereocenters. The molecule has 200 valence electrons. The Morgan fingerprint density at radius 3 is 1.94 bits per heavy atom. The Kier molecular flexibility index (Phi) is 34.4. The third-order valence-corrected chi connectivity index (χ3v) is 4.55. The molecule has 0 aromatic rings. The number of hydrogen-bond donors (Lipinski definition) is 7. The van der Waals surface area contributed by atoms with Crippen LogP contribution in [0, 0.1) is 5.41 Å². The summed E-state index contributed by atoms with van der Waals surface area (Å²) >= 11 is 0. The average molecular weight is 539 g/mol. The van der Waals surface area contributed by atoms with Crippen LogP contribution in [0.4, 0.5) is 0 Å². The van der Waals surface area contributed by atoms with Gasteiger partial charge in [0.2, 0.25) is 12.1 Å². The van der Waals surface area contributed by atoms with E-state index in [-0.39, 0.29) is 55.0 Å². The van der Waals surface area contributed by atoms with Gasteiger partial charge in [-0.05, 0) is 51.7 Å². The van der Waals surface area contributed by atoms with Crippen molar-refractivity contribution in [3.63, 3.8) is 0 Å². The maximum atomic E-state index is 12.1. The molecule has 2 amide bonds. The molecule has 0 saturated carbocycles. The number of amides is 2. The van der Waals surface area contributed by atoms with Crippen LogP contribution in [0.3, 0.4) is 0 Å². The van der Waals surface area contributed by atoms with E-state index >= 15 is 0 Å². The number of nitrogens with two attached hydrogens (primary N) is 2. The van der Waals surface area contributed by atoms with Gasteiger partial charge in [-0.15, -0.1) is 37.2 Å². The van der Waals surface area contributed by atoms with Gasteiger partial charge in [-0.2, -0.15) is 0 Å². The monoisotopic (exact) mass is 537 g/mol. The molecule has 0 aromatic carbocycles. The van der Waals surface area contributed by atoms with Crippen molar-refractivity contribution in [3.8, 4) is 0 Å². The van der Waals surface area contributed by atoms with E-state index in [9.17, 15) is 9.59 Å². The Labute approximate surface area is 217 Å². The Morgan fingerprint density at radius 2 is 1.33 bits per heavy atom. The van der Waals surface area contributed by atoms with Crippen LogP contribution in [-0.4, -0.2) is 63.8 Å². The van der Waals surface area contributed by atoms with Crippen molar-refractivity contribution in [2.24, 2.45) is 11.5 Å². The van der Waals surface area contributed by atoms with Gasteiger partial charge < -0.3 is 37.5 Å². The summed E-state index contributed by atoms with van der Waals surface area (Å²) < 4.78 is 5.11. The van der Waals surface area contributed by atoms with Gasteiger partial charge in [0.15, 0.2) is 5.96 Å². The maximum absolute atomic E-state index is 12.1. The lowest BCUT2D eigenvalue weighted by molar-refractivity contribution is -0.139. The van der Waals surface area contributed by atoms with Gasteiger partial charge in [0.25, 0.3) is 5.91 Å². The molecule has 0 spiro atoms. The lowest BCUT2D eigenvalue weighted by Crippen LogP contribution is -2.48. The highest BCUT2D eigenvalue weighted by atomic mass is 35.5. The molecular weight excluding hydrogens is 493 g/mol. The van der Waals surface area contributed by atoms with Gasteiger partial charge in [-0.1, -0.05) is 25.7 Å². The molecule has 13 heteroatoms. The summed E-state index contributed by atoms with van der Waals surface area (Å²) in [4.78, 5) is 24.1. The highest BCUT2D eigenvalue weighted by Crippen LogP contribution is 2.07. The Balaban J connectivity index is -0.00000140. The predicted molar refractivity (Wildman–Crippen MR) is 142 cm³/mol. The predicted octanol–water partition coefficient (Wildman–Crippen LogP) is 1.39. The van der Waals surface area contributed by atoms with E-state index in [1.807, 2.05) is 0 Å². The van der Waals surface area contributed by atoms with Crippen molar-refractivity contribution in [2.45, 2.75) is 70.4 Å². The fourth-order valence-electron chi connectivity index (χ4n) is 2.82. The molecule has 9 N–H and O–H groups in total. The van der Waals surface area contributed by atoms with E-state index in [1.54, 1.807) is 0 Å². The summed E-state index contributed by atoms with van der Waals surface area (Å²) in [6.45, 7) is 3.78. The molecular formula is C20H46Cl3N7O3. The minimum atomic E-state index is -0.950. The van der Waals surface area contributed by atoms with Gasteiger partial charge in [0.1, 0.15) is 0 Å². The molecule has 0 radical (unpaired) electrons. The lowest BCUT2D eigenvalue weighted by Gasteiger charge is -2.17. The standard InChI is InChI=1S/C20H43N7O3.3ClH/c1-30-19(18(29)25-15-9-8-13-24-14-10-12-21)27-17(28)11-6-4-2-3-5-7-16-26-20(22)23;;;/h19,24H,2-16,21H2,1H3,(H,25,29)(H,27,28)(H4,22,23,26);3*1H. The lowest BCUT2D eigenvalue weighted by atomic mass is 10.1. The topological polar surface area (TPSA) is 167 Å². The minimum Gasteiger partial charge on any atom is -0.370 e. The SMILES string of the molecule is COC(NC(=O)CCCCCCCCNC(=N)N)C(=O)NCCCCNCCCN.Cl.Cl.Cl. The molecule has 33 heavy (non-hydrogen) atoms. The summed E-state index contributed by atoms with van der Waals surface area (Å²) in [7, 11) is 1.41. The normalized spacial score (nSPS) is 10.6. The summed E-state index contributed by atoms with van der Waals surface area (Å²) in [5.74, 6) is -0.483. The van der Waals surface area contributed by atoms with E-state index in [0.717, 1.165) is 77.4 Å². The van der Waals surface area contributed by atoms with Gasteiger partial charge in [0.05, 0.1) is 0 Å². The Bertz CT molecular complexity index is 478. The fourth-order valence-corrected chi connectivity index (χ4v) is 2.82. The van der Waals surface area contributed by atoms with Crippen LogP contribution >= 0.6 is 37.2 Å². The van der Waals surface area contributed by atoms with Crippen LogP contribution in [0.5, 0.6) is 0 Å². The van der Waals surface area contributed by atoms with Gasteiger partial charge in [-0.3, -0.25) is 15.0 Å². The number of halogens is 3. The number of carbonyl (C=O) groups is 2. The number of ether oxygens (including phenoxy) is 1. The average Bonchev–Trinajstić information content (AvgIpc) is 2.72. The molecule has 10 nitrogen and oxygen atoms in total. The quantitative estimate of drug-likeness (QED) is 0.0532. The van der Waals surface area contributed by atoms with Crippen LogP contribution in [0.25, 0.3) is 0 Å². The molecule has 0 aromatic heterocycles. The van der Waals surface area contributed by atoms with Gasteiger partial charge >= 0.3 is 0 Å². The Hall–Kier alpha value is -1.04. The number of carbonyl (C=O) groups excluding carboxylic acids is 2. The number of methoxy groups -OCH3 is 1. The van der Waals surface area contributed by atoms with Crippen molar-refractivity contribution in [1.82, 2.24) is 21.3 Å². The van der Waals surface area contributed by atoms with Gasteiger partial charge in [-0.25, -0.2) is 0 Å². The second-order valence-corrected chi connectivity index (χ2v) is 7.29. The molecule has 1 unspecified atom stereocenters. The second kappa shape index (κ2) is 29.0. The molecule has 0 heterocycles. The van der Waals surface area contributed by atoms with Crippen molar-refractivity contribution < 1.29 is 14.3 Å². The third-order valence-electron chi connectivity index (χ3n) is 4.55. The number of unbranched alkanes of at least 4 members (excludes halogenated alkanes) is 6. The van der Waals surface area contributed by atoms with Crippen LogP contribution in [0.1, 0.15) is 64.2 Å². The smallest absolute Gasteiger partial charge is 0.270 e. The maximum Gasteiger partial charge on any atom is 0.270 e. The van der Waals surface area contributed by atoms with Crippen molar-refractivity contribution in [3.05, 3.63) is 0 Å². The second-order valence-electron chi connectivity index (χ2n) is 7.29. The molecule has 0 saturated heterocycles. The van der Waals surface area contributed by atoms with Crippen LogP contribution in [0.2, 0.25) is 0 Å². The summed E-state index contributed by atoms with van der Waals surface area (Å²) in [5.41, 5.74) is 10.6. The van der Waals surface area contributed by atoms with Gasteiger partial charge in [0, 0.05) is 26.6 Å². The number of guanidine groups is 1. The minimum absolute atomic E-state index is 0. The van der Waals surface area contributed by atoms with E-state index in [1.165, 1.54) is 7.11 Å². The van der Waals surface area contributed by atoms with Crippen LogP contribution in [0.15, 0.2) is 0 Å². The molecule has 0 aliphatic heterocycles. The highest BCUT2D eigenvalue weighted by Gasteiger charge is 2.19. The van der Waals surface area contributed by atoms with Crippen molar-refractivity contribution in [2.75, 3.05) is 39.8 Å². The fraction of sp³-hybridized carbons (Fsp3) is 0.850. The molecule has 0 rings (SSSR count). The third kappa shape index (κ3) is 27.1. The molecule has 0 aliphatic carbocycles. The zero-order valence-electron chi connectivity index (χ0n) is 19.8. The largest absolute Gasteiger partial charge is 0.370 e. The van der Waals surface area contributed by atoms with E-state index in [4.69, 9.17) is 21.6 Å². The summed E-state index contributed by atoms with van der Waals surface area (Å²) in [6, 6.07) is 0. The van der Waals surface area contributed by atoms with E-state index in [0.29, 0.717) is 19.5 Å². The zero-order valence-corrected chi connectivity index (χ0v) is 22.2. The first-order valence-electron chi connectivity index (χ1n) is 11.1. The molecule has 0 aliphatic rings. The number of hydrogen-bond acceptors (Lipinski definition) is 6. The number of rotatable bonds is 20.